The second kappa shape index (κ2) is 16.8. The number of nitrogens with zero attached hydrogens (tertiary/aromatic N) is 1. The predicted octanol–water partition coefficient (Wildman–Crippen LogP) is 5.94. The quantitative estimate of drug-likeness (QED) is 0.170. The molecule has 1 fully saturated rings. The molecule has 1 aromatic carbocycles. The van der Waals surface area contributed by atoms with Gasteiger partial charge in [-0.2, -0.15) is 0 Å². The number of rotatable bonds is 10. The summed E-state index contributed by atoms with van der Waals surface area (Å²) in [5.74, 6) is -3.53. The highest BCUT2D eigenvalue weighted by Crippen LogP contribution is 2.38. The minimum absolute atomic E-state index is 0.313. The molecule has 1 N–H and O–H groups in total. The number of ether oxygens (including phenoxy) is 5. The summed E-state index contributed by atoms with van der Waals surface area (Å²) in [6.45, 7) is 24.1. The van der Waals surface area contributed by atoms with Crippen molar-refractivity contribution in [2.24, 2.45) is 21.7 Å². The molecule has 2 rings (SSSR count). The number of amides is 2. The maximum atomic E-state index is 14.2. The molecule has 298 valence electrons. The lowest BCUT2D eigenvalue weighted by Gasteiger charge is -2.49. The van der Waals surface area contributed by atoms with E-state index in [9.17, 15) is 28.8 Å². The molecule has 1 heterocycles. The van der Waals surface area contributed by atoms with Gasteiger partial charge < -0.3 is 29.0 Å². The number of hydrogen-bond donors (Lipinski definition) is 1. The molecule has 0 aliphatic carbocycles. The number of carbonyl (C=O) groups is 6. The Labute approximate surface area is 319 Å². The zero-order chi connectivity index (χ0) is 41.1. The highest BCUT2D eigenvalue weighted by atomic mass is 35.5. The van der Waals surface area contributed by atoms with E-state index < -0.39 is 100 Å². The Balaban J connectivity index is 3.01. The molecule has 3 unspecified atom stereocenters. The molecule has 13 nitrogen and oxygen atoms in total. The summed E-state index contributed by atoms with van der Waals surface area (Å²) < 4.78 is 30.4. The number of nitrogens with one attached hydrogen (secondary N) is 1. The molecule has 0 aromatic heterocycles. The largest absolute Gasteiger partial charge is 0.462 e. The van der Waals surface area contributed by atoms with Crippen molar-refractivity contribution in [1.29, 1.82) is 0 Å². The highest BCUT2D eigenvalue weighted by Gasteiger charge is 2.57. The van der Waals surface area contributed by atoms with Crippen LogP contribution in [0.4, 0.5) is 0 Å². The third-order valence-electron chi connectivity index (χ3n) is 7.81. The van der Waals surface area contributed by atoms with Gasteiger partial charge in [-0.25, -0.2) is 0 Å². The average molecular weight is 767 g/mol. The molecule has 0 saturated carbocycles. The Bertz CT molecular complexity index is 1490. The minimum Gasteiger partial charge on any atom is -0.462 e. The van der Waals surface area contributed by atoms with Crippen LogP contribution in [-0.4, -0.2) is 83.9 Å². The van der Waals surface area contributed by atoms with Gasteiger partial charge in [0.25, 0.3) is 0 Å². The number of esters is 4. The summed E-state index contributed by atoms with van der Waals surface area (Å²) in [6.07, 6.45) is -7.56. The van der Waals surface area contributed by atoms with Crippen molar-refractivity contribution in [1.82, 2.24) is 10.2 Å². The van der Waals surface area contributed by atoms with Crippen LogP contribution in [0.1, 0.15) is 115 Å². The van der Waals surface area contributed by atoms with E-state index in [1.165, 1.54) is 0 Å². The molecule has 0 spiro atoms. The first-order valence-corrected chi connectivity index (χ1v) is 18.0. The number of carbonyl (C=O) groups excluding carboxylic acids is 6. The van der Waals surface area contributed by atoms with Crippen molar-refractivity contribution in [2.75, 3.05) is 6.61 Å². The Morgan fingerprint density at radius 3 is 1.51 bits per heavy atom. The number of benzene rings is 1. The van der Waals surface area contributed by atoms with Crippen LogP contribution < -0.4 is 5.32 Å². The van der Waals surface area contributed by atoms with E-state index in [4.69, 9.17) is 35.3 Å². The third-order valence-corrected chi connectivity index (χ3v) is 8.06. The topological polar surface area (TPSA) is 164 Å². The fourth-order valence-corrected chi connectivity index (χ4v) is 4.88. The maximum absolute atomic E-state index is 14.2. The van der Waals surface area contributed by atoms with Crippen molar-refractivity contribution in [3.63, 3.8) is 0 Å². The summed E-state index contributed by atoms with van der Waals surface area (Å²) in [4.78, 5) is 82.6. The maximum Gasteiger partial charge on any atom is 0.311 e. The van der Waals surface area contributed by atoms with Crippen LogP contribution >= 0.6 is 11.6 Å². The van der Waals surface area contributed by atoms with Crippen molar-refractivity contribution >= 4 is 47.8 Å². The van der Waals surface area contributed by atoms with E-state index >= 15 is 0 Å². The fourth-order valence-electron chi connectivity index (χ4n) is 4.76. The molecule has 1 saturated heterocycles. The molecule has 53 heavy (non-hydrogen) atoms. The molecule has 0 bridgehead atoms. The fraction of sp³-hybridized carbons (Fsp3) is 0.692. The van der Waals surface area contributed by atoms with Crippen LogP contribution in [0.25, 0.3) is 0 Å². The lowest BCUT2D eigenvalue weighted by Crippen LogP contribution is -2.68. The smallest absolute Gasteiger partial charge is 0.311 e. The molecule has 6 atom stereocenters. The van der Waals surface area contributed by atoms with Crippen molar-refractivity contribution in [2.45, 2.75) is 146 Å². The van der Waals surface area contributed by atoms with E-state index in [0.29, 0.717) is 17.0 Å². The Morgan fingerprint density at radius 2 is 1.11 bits per heavy atom. The van der Waals surface area contributed by atoms with Gasteiger partial charge in [0, 0.05) is 10.6 Å². The van der Waals surface area contributed by atoms with Gasteiger partial charge in [0.2, 0.25) is 12.3 Å². The molecule has 14 heteroatoms. The van der Waals surface area contributed by atoms with Gasteiger partial charge >= 0.3 is 23.9 Å². The SMILES string of the molecule is CC(C)(C)NC(=O)[C@@H](c1ccc(Cl)cc1)N(C=O)[C@@H]1OC(COC(=O)C(C)(C)C)[C@H](OC(=O)C(C)(C)C)C(OC(=O)C(C)(C)C)C1OC(=O)C(C)(C)C. The molecular weight excluding hydrogens is 708 g/mol. The van der Waals surface area contributed by atoms with Crippen LogP contribution in [0.2, 0.25) is 5.02 Å². The molecule has 2 amide bonds. The van der Waals surface area contributed by atoms with E-state index in [-0.39, 0.29) is 0 Å². The molecule has 1 aromatic rings. The molecule has 1 aliphatic heterocycles. The third kappa shape index (κ3) is 12.7. The van der Waals surface area contributed by atoms with Crippen molar-refractivity contribution in [3.8, 4) is 0 Å². The monoisotopic (exact) mass is 766 g/mol. The zero-order valence-electron chi connectivity index (χ0n) is 33.9. The summed E-state index contributed by atoms with van der Waals surface area (Å²) in [6, 6.07) is 4.77. The first kappa shape index (κ1) is 45.4. The molecular formula is C39H59ClN2O11. The normalized spacial score (nSPS) is 21.8. The van der Waals surface area contributed by atoms with Gasteiger partial charge in [-0.05, 0) is 122 Å². The average Bonchev–Trinajstić information content (AvgIpc) is 2.98. The Kier molecular flexibility index (Phi) is 14.4. The molecule has 0 radical (unpaired) electrons. The van der Waals surface area contributed by atoms with Gasteiger partial charge in [0.05, 0.1) is 21.7 Å². The number of hydrogen-bond acceptors (Lipinski definition) is 11. The predicted molar refractivity (Wildman–Crippen MR) is 197 cm³/mol. The van der Waals surface area contributed by atoms with Crippen LogP contribution in [0.3, 0.4) is 0 Å². The first-order chi connectivity index (χ1) is 23.9. The lowest BCUT2D eigenvalue weighted by molar-refractivity contribution is -0.282. The van der Waals surface area contributed by atoms with E-state index in [1.807, 2.05) is 0 Å². The van der Waals surface area contributed by atoms with Gasteiger partial charge in [0.1, 0.15) is 18.8 Å². The van der Waals surface area contributed by atoms with E-state index in [2.05, 4.69) is 5.32 Å². The first-order valence-electron chi connectivity index (χ1n) is 17.6. The van der Waals surface area contributed by atoms with Crippen molar-refractivity contribution < 1.29 is 52.5 Å². The van der Waals surface area contributed by atoms with Gasteiger partial charge in [-0.3, -0.25) is 33.7 Å². The van der Waals surface area contributed by atoms with Gasteiger partial charge in [-0.15, -0.1) is 0 Å². The molecule has 1 aliphatic rings. The van der Waals surface area contributed by atoms with Gasteiger partial charge in [0.15, 0.2) is 24.5 Å². The summed E-state index contributed by atoms with van der Waals surface area (Å²) in [5.41, 5.74) is -4.70. The zero-order valence-corrected chi connectivity index (χ0v) is 34.6. The summed E-state index contributed by atoms with van der Waals surface area (Å²) in [5, 5.41) is 3.26. The Morgan fingerprint density at radius 1 is 0.698 bits per heavy atom. The standard InChI is InChI=1S/C39H59ClN2O11/c1-35(2,3)31(45)49-20-24-26(51-32(46)36(4,5)6)27(52-33(47)37(7,8)9)28(53-34(48)38(10,11)12)30(50-24)42(21-43)25(29(44)41-39(13,14)15)22-16-18-23(40)19-17-22/h16-19,21,24-28,30H,20H2,1-15H3,(H,41,44)/t24?,25-,26+,27?,28?,30-/m1/s1. The second-order valence-electron chi connectivity index (χ2n) is 18.5. The Hall–Kier alpha value is -3.71. The summed E-state index contributed by atoms with van der Waals surface area (Å²) >= 11 is 6.20. The summed E-state index contributed by atoms with van der Waals surface area (Å²) in [7, 11) is 0. The van der Waals surface area contributed by atoms with Crippen LogP contribution in [-0.2, 0) is 52.5 Å². The van der Waals surface area contributed by atoms with Crippen LogP contribution in [0.5, 0.6) is 0 Å². The second-order valence-corrected chi connectivity index (χ2v) is 19.0. The van der Waals surface area contributed by atoms with Gasteiger partial charge in [-0.1, -0.05) is 23.7 Å². The van der Waals surface area contributed by atoms with Crippen LogP contribution in [0.15, 0.2) is 24.3 Å². The van der Waals surface area contributed by atoms with E-state index in [1.54, 1.807) is 128 Å². The van der Waals surface area contributed by atoms with Crippen LogP contribution in [0, 0.1) is 21.7 Å². The lowest BCUT2D eigenvalue weighted by atomic mass is 9.91. The minimum atomic E-state index is -1.68. The van der Waals surface area contributed by atoms with Crippen molar-refractivity contribution in [3.05, 3.63) is 34.9 Å². The van der Waals surface area contributed by atoms with E-state index in [0.717, 1.165) is 4.90 Å². The number of halogens is 1. The highest BCUT2D eigenvalue weighted by molar-refractivity contribution is 6.30.